The maximum atomic E-state index is 11.1. The van der Waals surface area contributed by atoms with Crippen LogP contribution in [0.3, 0.4) is 0 Å². The van der Waals surface area contributed by atoms with E-state index in [0.717, 1.165) is 0 Å². The van der Waals surface area contributed by atoms with E-state index >= 15 is 0 Å². The van der Waals surface area contributed by atoms with Crippen LogP contribution in [0.5, 0.6) is 0 Å². The number of nitro groups is 1. The predicted molar refractivity (Wildman–Crippen MR) is 119 cm³/mol. The molecule has 4 aromatic rings. The van der Waals surface area contributed by atoms with Crippen molar-refractivity contribution in [3.63, 3.8) is 0 Å². The first-order chi connectivity index (χ1) is 14.7. The Bertz CT molecular complexity index is 1200. The molecule has 3 aliphatic rings. The quantitative estimate of drug-likeness (QED) is 0.231. The maximum absolute atomic E-state index is 11.1. The van der Waals surface area contributed by atoms with Crippen molar-refractivity contribution >= 4 is 30.2 Å². The van der Waals surface area contributed by atoms with E-state index in [1.54, 1.807) is 12.1 Å². The van der Waals surface area contributed by atoms with Gasteiger partial charge in [0, 0.05) is 0 Å². The molecule has 0 radical (unpaired) electrons. The molecule has 0 aliphatic heterocycles. The number of nitro benzene ring substituents is 1. The van der Waals surface area contributed by atoms with Gasteiger partial charge in [-0.1, -0.05) is 0 Å². The molecule has 0 fully saturated rings. The molecule has 0 spiro atoms. The average molecular weight is 503 g/mol. The molecule has 0 atom stereocenters. The van der Waals surface area contributed by atoms with E-state index in [-0.39, 0.29) is 20.0 Å². The molecule has 4 aromatic carbocycles. The summed E-state index contributed by atoms with van der Waals surface area (Å²) in [4.78, 5) is 10.8. The van der Waals surface area contributed by atoms with Crippen LogP contribution < -0.4 is 3.61 Å². The molecule has 7 rings (SSSR count). The first-order valence-corrected chi connectivity index (χ1v) is 12.2. The second-order valence-electron chi connectivity index (χ2n) is 7.73. The number of benzene rings is 4. The summed E-state index contributed by atoms with van der Waals surface area (Å²) in [5, 5.41) is 11.1. The topological polar surface area (TPSA) is 43.1 Å². The van der Waals surface area contributed by atoms with Gasteiger partial charge >= 0.3 is 185 Å². The van der Waals surface area contributed by atoms with Crippen LogP contribution in [0, 0.1) is 10.1 Å². The van der Waals surface area contributed by atoms with Crippen molar-refractivity contribution in [1.82, 2.24) is 0 Å². The third-order valence-electron chi connectivity index (χ3n) is 6.27. The Labute approximate surface area is 184 Å². The van der Waals surface area contributed by atoms with E-state index in [4.69, 9.17) is 0 Å². The molecule has 0 aromatic heterocycles. The van der Waals surface area contributed by atoms with Gasteiger partial charge < -0.3 is 0 Å². The van der Waals surface area contributed by atoms with E-state index < -0.39 is 20.9 Å². The van der Waals surface area contributed by atoms with Gasteiger partial charge in [0.15, 0.2) is 0 Å². The van der Waals surface area contributed by atoms with Crippen LogP contribution in [0.4, 0.5) is 5.69 Å². The molecule has 0 saturated heterocycles. The van der Waals surface area contributed by atoms with Crippen molar-refractivity contribution in [3.8, 4) is 0 Å². The van der Waals surface area contributed by atoms with Crippen molar-refractivity contribution in [2.75, 3.05) is 0 Å². The second-order valence-corrected chi connectivity index (χ2v) is 11.4. The summed E-state index contributed by atoms with van der Waals surface area (Å²) in [7, 11) is 0. The SMILES string of the molecule is O=[N+]([O-])c1ccc([Te]C23c4ccccc4C(c4ccccc42)c2ccccc23)cc1. The van der Waals surface area contributed by atoms with Gasteiger partial charge in [-0.15, -0.1) is 0 Å². The van der Waals surface area contributed by atoms with Gasteiger partial charge in [0.2, 0.25) is 0 Å². The van der Waals surface area contributed by atoms with Crippen molar-refractivity contribution in [2.45, 2.75) is 9.38 Å². The number of nitrogens with zero attached hydrogens (tertiary/aromatic N) is 1. The van der Waals surface area contributed by atoms with Crippen LogP contribution in [0.25, 0.3) is 0 Å². The zero-order valence-electron chi connectivity index (χ0n) is 16.0. The minimum atomic E-state index is -0.808. The van der Waals surface area contributed by atoms with Gasteiger partial charge in [-0.25, -0.2) is 0 Å². The fourth-order valence-electron chi connectivity index (χ4n) is 5.12. The number of rotatable bonds is 3. The summed E-state index contributed by atoms with van der Waals surface area (Å²) in [6.45, 7) is 0. The van der Waals surface area contributed by atoms with Crippen LogP contribution in [-0.2, 0) is 3.46 Å². The van der Waals surface area contributed by atoms with Crippen LogP contribution in [0.15, 0.2) is 97.1 Å². The first-order valence-electron chi connectivity index (χ1n) is 9.92. The van der Waals surface area contributed by atoms with Gasteiger partial charge in [0.25, 0.3) is 0 Å². The van der Waals surface area contributed by atoms with Gasteiger partial charge in [-0.2, -0.15) is 0 Å². The fraction of sp³-hybridized carbons (Fsp3) is 0.0769. The van der Waals surface area contributed by atoms with Crippen molar-refractivity contribution in [1.29, 1.82) is 0 Å². The summed E-state index contributed by atoms with van der Waals surface area (Å²) < 4.78 is 1.06. The van der Waals surface area contributed by atoms with Crippen LogP contribution in [0.1, 0.15) is 39.3 Å². The molecule has 3 aliphatic carbocycles. The first kappa shape index (κ1) is 17.9. The molecule has 4 heteroatoms. The molecule has 3 nitrogen and oxygen atoms in total. The van der Waals surface area contributed by atoms with E-state index in [1.165, 1.54) is 37.0 Å². The average Bonchev–Trinajstić information content (AvgIpc) is 2.80. The Morgan fingerprint density at radius 2 is 1.10 bits per heavy atom. The summed E-state index contributed by atoms with van der Waals surface area (Å²) >= 11 is -0.808. The number of non-ortho nitro benzene ring substituents is 1. The van der Waals surface area contributed by atoms with Gasteiger partial charge in [0.05, 0.1) is 0 Å². The Hall–Kier alpha value is -2.93. The monoisotopic (exact) mass is 505 g/mol. The second kappa shape index (κ2) is 6.54. The Balaban J connectivity index is 1.65. The molecule has 0 heterocycles. The van der Waals surface area contributed by atoms with E-state index in [1.807, 2.05) is 12.1 Å². The van der Waals surface area contributed by atoms with Crippen molar-refractivity contribution in [2.24, 2.45) is 0 Å². The molecule has 0 N–H and O–H groups in total. The van der Waals surface area contributed by atoms with E-state index in [0.29, 0.717) is 0 Å². The standard InChI is InChI=1S/C26H17NO2Te/c28-27(29)17-13-15-18(16-14-17)30-26-22-10-4-1-7-19(22)25(20-8-2-5-11-23(20)26)21-9-3-6-12-24(21)26/h1-16,25H. The third-order valence-corrected chi connectivity index (χ3v) is 10.5. The molecule has 2 bridgehead atoms. The van der Waals surface area contributed by atoms with Gasteiger partial charge in [-0.05, 0) is 0 Å². The Morgan fingerprint density at radius 3 is 1.53 bits per heavy atom. The molecule has 30 heavy (non-hydrogen) atoms. The molecule has 0 unspecified atom stereocenters. The zero-order valence-corrected chi connectivity index (χ0v) is 18.3. The molecular weight excluding hydrogens is 486 g/mol. The number of hydrogen-bond acceptors (Lipinski definition) is 2. The van der Waals surface area contributed by atoms with Crippen LogP contribution in [0.2, 0.25) is 0 Å². The molecule has 0 amide bonds. The predicted octanol–water partition coefficient (Wildman–Crippen LogP) is 4.72. The Morgan fingerprint density at radius 1 is 0.667 bits per heavy atom. The Kier molecular flexibility index (Phi) is 3.90. The van der Waals surface area contributed by atoms with Crippen LogP contribution >= 0.6 is 0 Å². The van der Waals surface area contributed by atoms with E-state index in [2.05, 4.69) is 72.8 Å². The summed E-state index contributed by atoms with van der Waals surface area (Å²) in [5.74, 6) is 0.278. The van der Waals surface area contributed by atoms with Gasteiger partial charge in [-0.3, -0.25) is 0 Å². The summed E-state index contributed by atoms with van der Waals surface area (Å²) in [6, 6.07) is 33.8. The normalized spacial score (nSPS) is 20.2. The van der Waals surface area contributed by atoms with Crippen molar-refractivity contribution < 1.29 is 4.92 Å². The third kappa shape index (κ3) is 2.32. The molecule has 0 saturated carbocycles. The van der Waals surface area contributed by atoms with E-state index in [9.17, 15) is 10.1 Å². The summed E-state index contributed by atoms with van der Waals surface area (Å²) in [6.07, 6.45) is 0. The minimum absolute atomic E-state index is 0.150. The molecular formula is C26H17NO2Te. The van der Waals surface area contributed by atoms with Gasteiger partial charge in [0.1, 0.15) is 0 Å². The zero-order chi connectivity index (χ0) is 20.3. The van der Waals surface area contributed by atoms with Crippen molar-refractivity contribution in [3.05, 3.63) is 141 Å². The fourth-order valence-corrected chi connectivity index (χ4v) is 9.44. The van der Waals surface area contributed by atoms with Crippen LogP contribution in [-0.4, -0.2) is 25.8 Å². The number of hydrogen-bond donors (Lipinski definition) is 0. The molecule has 144 valence electrons. The summed E-state index contributed by atoms with van der Waals surface area (Å²) in [5.41, 5.74) is 8.59.